The number of nitrogens with zero attached hydrogens (tertiary/aromatic N) is 1. The molecule has 1 aromatic carbocycles. The van der Waals surface area contributed by atoms with Gasteiger partial charge in [0.2, 0.25) is 0 Å². The van der Waals surface area contributed by atoms with E-state index in [1.54, 1.807) is 12.4 Å². The summed E-state index contributed by atoms with van der Waals surface area (Å²) in [4.78, 5) is 4.11. The first-order valence-electron chi connectivity index (χ1n) is 5.64. The molecule has 0 radical (unpaired) electrons. The van der Waals surface area contributed by atoms with Crippen LogP contribution in [-0.2, 0) is 0 Å². The number of benzene rings is 1. The molecule has 0 aliphatic carbocycles. The molecule has 0 aliphatic rings. The van der Waals surface area contributed by atoms with Crippen LogP contribution in [0.3, 0.4) is 0 Å². The average molecular weight is 228 g/mol. The molecule has 1 aromatic heterocycles. The fourth-order valence-corrected chi connectivity index (χ4v) is 1.62. The van der Waals surface area contributed by atoms with E-state index in [0.29, 0.717) is 0 Å². The zero-order valence-electron chi connectivity index (χ0n) is 10.1. The van der Waals surface area contributed by atoms with Gasteiger partial charge in [-0.05, 0) is 12.5 Å². The van der Waals surface area contributed by atoms with Gasteiger partial charge >= 0.3 is 0 Å². The first kappa shape index (κ1) is 11.5. The molecule has 1 atom stereocenters. The molecular formula is C14H16N2O. The van der Waals surface area contributed by atoms with Gasteiger partial charge in [-0.2, -0.15) is 0 Å². The van der Waals surface area contributed by atoms with Gasteiger partial charge in [-0.1, -0.05) is 30.3 Å². The molecule has 0 aliphatic heterocycles. The number of aromatic nitrogens is 1. The van der Waals surface area contributed by atoms with E-state index in [1.165, 1.54) is 0 Å². The van der Waals surface area contributed by atoms with Gasteiger partial charge < -0.3 is 10.1 Å². The van der Waals surface area contributed by atoms with Crippen molar-refractivity contribution in [2.45, 2.75) is 13.0 Å². The zero-order chi connectivity index (χ0) is 12.1. The number of rotatable bonds is 4. The van der Waals surface area contributed by atoms with E-state index in [4.69, 9.17) is 4.74 Å². The summed E-state index contributed by atoms with van der Waals surface area (Å²) < 4.78 is 5.84. The fraction of sp³-hybridized carbons (Fsp3) is 0.214. The Morgan fingerprint density at radius 3 is 2.65 bits per heavy atom. The van der Waals surface area contributed by atoms with Gasteiger partial charge in [-0.3, -0.25) is 4.98 Å². The Hall–Kier alpha value is -2.03. The molecule has 0 saturated carbocycles. The normalized spacial score (nSPS) is 11.9. The molecular weight excluding hydrogens is 212 g/mol. The SMILES string of the molecule is CNc1cncc(OC(C)c2ccccc2)c1. The largest absolute Gasteiger partial charge is 0.484 e. The lowest BCUT2D eigenvalue weighted by atomic mass is 10.1. The van der Waals surface area contributed by atoms with Crippen LogP contribution in [0, 0.1) is 0 Å². The summed E-state index contributed by atoms with van der Waals surface area (Å²) in [6, 6.07) is 12.1. The smallest absolute Gasteiger partial charge is 0.140 e. The predicted molar refractivity (Wildman–Crippen MR) is 69.3 cm³/mol. The van der Waals surface area contributed by atoms with Crippen molar-refractivity contribution in [3.8, 4) is 5.75 Å². The highest BCUT2D eigenvalue weighted by Gasteiger charge is 2.06. The van der Waals surface area contributed by atoms with Gasteiger partial charge in [-0.15, -0.1) is 0 Å². The monoisotopic (exact) mass is 228 g/mol. The van der Waals surface area contributed by atoms with Crippen molar-refractivity contribution >= 4 is 5.69 Å². The van der Waals surface area contributed by atoms with Crippen molar-refractivity contribution in [3.05, 3.63) is 54.4 Å². The topological polar surface area (TPSA) is 34.2 Å². The maximum Gasteiger partial charge on any atom is 0.140 e. The van der Waals surface area contributed by atoms with Gasteiger partial charge in [0.25, 0.3) is 0 Å². The molecule has 0 fully saturated rings. The molecule has 2 rings (SSSR count). The number of pyridine rings is 1. The first-order chi connectivity index (χ1) is 8.29. The number of ether oxygens (including phenoxy) is 1. The third-order valence-electron chi connectivity index (χ3n) is 2.58. The van der Waals surface area contributed by atoms with Gasteiger partial charge in [0.15, 0.2) is 0 Å². The van der Waals surface area contributed by atoms with Crippen molar-refractivity contribution in [1.29, 1.82) is 0 Å². The molecule has 0 amide bonds. The molecule has 1 heterocycles. The molecule has 3 heteroatoms. The highest BCUT2D eigenvalue weighted by molar-refractivity contribution is 5.44. The van der Waals surface area contributed by atoms with Gasteiger partial charge in [0.05, 0.1) is 18.1 Å². The highest BCUT2D eigenvalue weighted by atomic mass is 16.5. The lowest BCUT2D eigenvalue weighted by Gasteiger charge is -2.15. The minimum atomic E-state index is 0.0186. The Bertz CT molecular complexity index is 471. The third-order valence-corrected chi connectivity index (χ3v) is 2.58. The van der Waals surface area contributed by atoms with E-state index < -0.39 is 0 Å². The average Bonchev–Trinajstić information content (AvgIpc) is 2.40. The van der Waals surface area contributed by atoms with Crippen LogP contribution in [0.4, 0.5) is 5.69 Å². The van der Waals surface area contributed by atoms with Crippen LogP contribution < -0.4 is 10.1 Å². The quantitative estimate of drug-likeness (QED) is 0.872. The fourth-order valence-electron chi connectivity index (χ4n) is 1.62. The van der Waals surface area contributed by atoms with Crippen LogP contribution >= 0.6 is 0 Å². The molecule has 3 nitrogen and oxygen atoms in total. The number of hydrogen-bond acceptors (Lipinski definition) is 3. The summed E-state index contributed by atoms with van der Waals surface area (Å²) in [6.45, 7) is 2.03. The second-order valence-corrected chi connectivity index (χ2v) is 3.83. The second kappa shape index (κ2) is 5.34. The Morgan fingerprint density at radius 2 is 1.94 bits per heavy atom. The third kappa shape index (κ3) is 2.97. The van der Waals surface area contributed by atoms with Crippen LogP contribution in [0.25, 0.3) is 0 Å². The molecule has 1 unspecified atom stereocenters. The number of anilines is 1. The second-order valence-electron chi connectivity index (χ2n) is 3.83. The van der Waals surface area contributed by atoms with Crippen LogP contribution in [-0.4, -0.2) is 12.0 Å². The summed E-state index contributed by atoms with van der Waals surface area (Å²) in [5.74, 6) is 0.771. The van der Waals surface area contributed by atoms with E-state index in [1.807, 2.05) is 38.2 Å². The maximum absolute atomic E-state index is 5.84. The molecule has 1 N–H and O–H groups in total. The summed E-state index contributed by atoms with van der Waals surface area (Å²) >= 11 is 0. The summed E-state index contributed by atoms with van der Waals surface area (Å²) in [5, 5.41) is 3.04. The predicted octanol–water partition coefficient (Wildman–Crippen LogP) is 3.26. The van der Waals surface area contributed by atoms with Crippen molar-refractivity contribution in [2.75, 3.05) is 12.4 Å². The Balaban J connectivity index is 2.10. The minimum Gasteiger partial charge on any atom is -0.484 e. The molecule has 0 saturated heterocycles. The van der Waals surface area contributed by atoms with Gasteiger partial charge in [0, 0.05) is 13.1 Å². The summed E-state index contributed by atoms with van der Waals surface area (Å²) in [6.07, 6.45) is 3.51. The minimum absolute atomic E-state index is 0.0186. The van der Waals surface area contributed by atoms with Crippen LogP contribution in [0.2, 0.25) is 0 Å². The van der Waals surface area contributed by atoms with E-state index in [2.05, 4.69) is 22.4 Å². The van der Waals surface area contributed by atoms with Crippen LogP contribution in [0.15, 0.2) is 48.8 Å². The van der Waals surface area contributed by atoms with Crippen molar-refractivity contribution in [2.24, 2.45) is 0 Å². The van der Waals surface area contributed by atoms with E-state index in [-0.39, 0.29) is 6.10 Å². The van der Waals surface area contributed by atoms with Crippen molar-refractivity contribution < 1.29 is 4.74 Å². The van der Waals surface area contributed by atoms with Crippen LogP contribution in [0.5, 0.6) is 5.75 Å². The first-order valence-corrected chi connectivity index (χ1v) is 5.64. The molecule has 17 heavy (non-hydrogen) atoms. The summed E-state index contributed by atoms with van der Waals surface area (Å²) in [7, 11) is 1.86. The van der Waals surface area contributed by atoms with Crippen LogP contribution in [0.1, 0.15) is 18.6 Å². The Labute approximate surface area is 101 Å². The zero-order valence-corrected chi connectivity index (χ0v) is 10.1. The van der Waals surface area contributed by atoms with E-state index in [9.17, 15) is 0 Å². The number of hydrogen-bond donors (Lipinski definition) is 1. The van der Waals surface area contributed by atoms with E-state index >= 15 is 0 Å². The van der Waals surface area contributed by atoms with Gasteiger partial charge in [-0.25, -0.2) is 0 Å². The molecule has 2 aromatic rings. The summed E-state index contributed by atoms with van der Waals surface area (Å²) in [5.41, 5.74) is 2.10. The lowest BCUT2D eigenvalue weighted by Crippen LogP contribution is -2.03. The standard InChI is InChI=1S/C14H16N2O/c1-11(12-6-4-3-5-7-12)17-14-8-13(15-2)9-16-10-14/h3-11,15H,1-2H3. The maximum atomic E-state index is 5.84. The molecule has 0 bridgehead atoms. The van der Waals surface area contributed by atoms with E-state index in [0.717, 1.165) is 17.0 Å². The molecule has 0 spiro atoms. The van der Waals surface area contributed by atoms with Crippen molar-refractivity contribution in [1.82, 2.24) is 4.98 Å². The lowest BCUT2D eigenvalue weighted by molar-refractivity contribution is 0.226. The van der Waals surface area contributed by atoms with Gasteiger partial charge in [0.1, 0.15) is 11.9 Å². The Kier molecular flexibility index (Phi) is 3.60. The highest BCUT2D eigenvalue weighted by Crippen LogP contribution is 2.22. The molecule has 88 valence electrons. The number of nitrogens with one attached hydrogen (secondary N) is 1. The Morgan fingerprint density at radius 1 is 1.18 bits per heavy atom. The van der Waals surface area contributed by atoms with Crippen molar-refractivity contribution in [3.63, 3.8) is 0 Å².